The standard InChI is InChI=1S/C58H91O11P/c1-4-7-10-13-16-19-22-25-27-30-32-35-38-41-44-47-56(60)65-51-55(69-58(62)49-46-43-40-37-34-31-28-26-23-20-17-14-11-8-5-2)53-67-70(63,64)66-52-54(50-59)68-57(61)48-45-42-39-36-33-29-24-21-18-15-12-9-6-3/h7-8,10-12,15-17,19-21,24-28,32,34-35,37,41,44,54-55,59H,4-6,9,13-14,18,22-23,29-31,33,36,38-40,42-43,45-53H2,1-3H3,(H,63,64)/b10-7-,11-8-,15-12-,19-16-,20-17-,24-21-,27-25-,28-26-,35-32-,37-34-,44-41-. The summed E-state index contributed by atoms with van der Waals surface area (Å²) in [6.45, 7) is 4.13. The Morgan fingerprint density at radius 1 is 0.429 bits per heavy atom. The van der Waals surface area contributed by atoms with Crippen molar-refractivity contribution in [3.05, 3.63) is 134 Å². The molecule has 0 saturated carbocycles. The number of hydrogen-bond donors (Lipinski definition) is 2. The SMILES string of the molecule is CC/C=C\C/C=C\C/C=C\C/C=C\C/C=C\CC(=O)OCC(COP(=O)(O)OCC(CO)OC(=O)CCCCCCC/C=C\C/C=C\CCC)OC(=O)CCCC/C=C\C/C=C\C/C=C\C/C=C\CC. The van der Waals surface area contributed by atoms with Crippen LogP contribution in [0.25, 0.3) is 0 Å². The Hall–Kier alpha value is -4.38. The number of esters is 3. The van der Waals surface area contributed by atoms with Gasteiger partial charge in [-0.15, -0.1) is 0 Å². The third kappa shape index (κ3) is 48.6. The van der Waals surface area contributed by atoms with E-state index in [9.17, 15) is 28.9 Å². The van der Waals surface area contributed by atoms with Crippen LogP contribution in [0.3, 0.4) is 0 Å². The number of unbranched alkanes of at least 4 members (excludes halogenated alkanes) is 8. The number of ether oxygens (including phenoxy) is 3. The molecule has 0 fully saturated rings. The molecule has 0 spiro atoms. The maximum absolute atomic E-state index is 12.8. The zero-order valence-corrected chi connectivity index (χ0v) is 44.1. The van der Waals surface area contributed by atoms with E-state index in [1.807, 2.05) is 12.2 Å². The zero-order chi connectivity index (χ0) is 51.3. The van der Waals surface area contributed by atoms with Crippen molar-refractivity contribution in [2.24, 2.45) is 0 Å². The van der Waals surface area contributed by atoms with Gasteiger partial charge in [-0.3, -0.25) is 23.4 Å². The minimum Gasteiger partial charge on any atom is -0.461 e. The lowest BCUT2D eigenvalue weighted by Gasteiger charge is -2.21. The molecule has 0 amide bonds. The normalized spacial score (nSPS) is 14.5. The van der Waals surface area contributed by atoms with Crippen molar-refractivity contribution >= 4 is 25.7 Å². The van der Waals surface area contributed by atoms with E-state index in [4.69, 9.17) is 23.3 Å². The molecular weight excluding hydrogens is 904 g/mol. The minimum atomic E-state index is -4.79. The maximum atomic E-state index is 12.8. The summed E-state index contributed by atoms with van der Waals surface area (Å²) >= 11 is 0. The molecule has 0 aromatic rings. The van der Waals surface area contributed by atoms with Gasteiger partial charge in [-0.1, -0.05) is 180 Å². The van der Waals surface area contributed by atoms with Crippen LogP contribution in [0.5, 0.6) is 0 Å². The first-order valence-electron chi connectivity index (χ1n) is 26.1. The number of phosphoric ester groups is 1. The van der Waals surface area contributed by atoms with Crippen LogP contribution in [0.4, 0.5) is 0 Å². The Morgan fingerprint density at radius 3 is 1.24 bits per heavy atom. The Balaban J connectivity index is 4.95. The lowest BCUT2D eigenvalue weighted by atomic mass is 10.1. The summed E-state index contributed by atoms with van der Waals surface area (Å²) in [7, 11) is -4.79. The Bertz CT molecular complexity index is 1680. The summed E-state index contributed by atoms with van der Waals surface area (Å²) in [5.74, 6) is -1.70. The number of phosphoric acid groups is 1. The van der Waals surface area contributed by atoms with Gasteiger partial charge >= 0.3 is 25.7 Å². The quantitative estimate of drug-likeness (QED) is 0.0197. The number of carbonyl (C=O) groups is 3. The van der Waals surface area contributed by atoms with Crippen LogP contribution >= 0.6 is 7.82 Å². The van der Waals surface area contributed by atoms with Crippen molar-refractivity contribution in [1.82, 2.24) is 0 Å². The number of hydrogen-bond acceptors (Lipinski definition) is 10. The van der Waals surface area contributed by atoms with Crippen LogP contribution in [-0.4, -0.2) is 66.5 Å². The average molecular weight is 995 g/mol. The molecule has 0 aromatic carbocycles. The van der Waals surface area contributed by atoms with E-state index in [2.05, 4.69) is 136 Å². The molecule has 394 valence electrons. The van der Waals surface area contributed by atoms with Crippen molar-refractivity contribution in [2.45, 2.75) is 187 Å². The lowest BCUT2D eigenvalue weighted by molar-refractivity contribution is -0.161. The summed E-state index contributed by atoms with van der Waals surface area (Å²) < 4.78 is 39.2. The molecule has 0 aliphatic heterocycles. The first-order valence-corrected chi connectivity index (χ1v) is 27.6. The van der Waals surface area contributed by atoms with E-state index < -0.39 is 64.4 Å². The molecule has 0 heterocycles. The van der Waals surface area contributed by atoms with E-state index in [0.717, 1.165) is 116 Å². The molecule has 3 unspecified atom stereocenters. The predicted molar refractivity (Wildman–Crippen MR) is 288 cm³/mol. The topological polar surface area (TPSA) is 155 Å². The summed E-state index contributed by atoms with van der Waals surface area (Å²) in [5.41, 5.74) is 0. The minimum absolute atomic E-state index is 0.0231. The van der Waals surface area contributed by atoms with Crippen LogP contribution in [0.15, 0.2) is 134 Å². The van der Waals surface area contributed by atoms with Gasteiger partial charge in [0.25, 0.3) is 0 Å². The molecule has 0 aliphatic rings. The molecule has 12 heteroatoms. The number of aliphatic hydroxyl groups excluding tert-OH is 1. The van der Waals surface area contributed by atoms with Gasteiger partial charge in [0.05, 0.1) is 26.2 Å². The van der Waals surface area contributed by atoms with E-state index in [1.54, 1.807) is 6.08 Å². The van der Waals surface area contributed by atoms with E-state index in [0.29, 0.717) is 19.3 Å². The van der Waals surface area contributed by atoms with Crippen molar-refractivity contribution < 1.29 is 52.2 Å². The Labute approximate surface area is 423 Å². The molecule has 0 bridgehead atoms. The largest absolute Gasteiger partial charge is 0.472 e. The highest BCUT2D eigenvalue weighted by molar-refractivity contribution is 7.47. The van der Waals surface area contributed by atoms with Gasteiger partial charge in [0, 0.05) is 12.8 Å². The highest BCUT2D eigenvalue weighted by atomic mass is 31.2. The van der Waals surface area contributed by atoms with E-state index in [-0.39, 0.29) is 19.3 Å². The summed E-state index contributed by atoms with van der Waals surface area (Å²) in [4.78, 5) is 48.3. The van der Waals surface area contributed by atoms with Crippen molar-refractivity contribution in [3.63, 3.8) is 0 Å². The molecule has 11 nitrogen and oxygen atoms in total. The molecule has 0 radical (unpaired) electrons. The third-order valence-corrected chi connectivity index (χ3v) is 11.0. The highest BCUT2D eigenvalue weighted by Crippen LogP contribution is 2.43. The third-order valence-electron chi connectivity index (χ3n) is 10.1. The molecule has 0 aliphatic carbocycles. The van der Waals surface area contributed by atoms with Crippen LogP contribution in [0, 0.1) is 0 Å². The molecule has 0 aromatic heterocycles. The first kappa shape index (κ1) is 65.6. The number of rotatable bonds is 46. The van der Waals surface area contributed by atoms with Crippen molar-refractivity contribution in [3.8, 4) is 0 Å². The fourth-order valence-corrected chi connectivity index (χ4v) is 6.94. The van der Waals surface area contributed by atoms with Gasteiger partial charge in [-0.2, -0.15) is 0 Å². The zero-order valence-electron chi connectivity index (χ0n) is 43.2. The van der Waals surface area contributed by atoms with Crippen LogP contribution in [0.1, 0.15) is 175 Å². The summed E-state index contributed by atoms with van der Waals surface area (Å²) in [6, 6.07) is 0. The fourth-order valence-electron chi connectivity index (χ4n) is 6.16. The molecule has 70 heavy (non-hydrogen) atoms. The maximum Gasteiger partial charge on any atom is 0.472 e. The molecule has 0 rings (SSSR count). The van der Waals surface area contributed by atoms with Crippen molar-refractivity contribution in [2.75, 3.05) is 26.4 Å². The smallest absolute Gasteiger partial charge is 0.461 e. The monoisotopic (exact) mass is 995 g/mol. The average Bonchev–Trinajstić information content (AvgIpc) is 3.35. The van der Waals surface area contributed by atoms with Gasteiger partial charge in [-0.05, 0) is 109 Å². The molecule has 2 N–H and O–H groups in total. The second kappa shape index (κ2) is 51.0. The number of allylic oxidation sites excluding steroid dienone is 21. The Kier molecular flexibility index (Phi) is 47.8. The summed E-state index contributed by atoms with van der Waals surface area (Å²) in [6.07, 6.45) is 63.1. The second-order valence-electron chi connectivity index (χ2n) is 16.6. The predicted octanol–water partition coefficient (Wildman–Crippen LogP) is 15.0. The molecule has 3 atom stereocenters. The fraction of sp³-hybridized carbons (Fsp3) is 0.569. The van der Waals surface area contributed by atoms with Crippen LogP contribution in [0.2, 0.25) is 0 Å². The van der Waals surface area contributed by atoms with Gasteiger partial charge in [0.1, 0.15) is 12.7 Å². The van der Waals surface area contributed by atoms with E-state index >= 15 is 0 Å². The second-order valence-corrected chi connectivity index (χ2v) is 18.0. The van der Waals surface area contributed by atoms with Crippen molar-refractivity contribution in [1.29, 1.82) is 0 Å². The molecule has 0 saturated heterocycles. The van der Waals surface area contributed by atoms with Crippen LogP contribution < -0.4 is 0 Å². The summed E-state index contributed by atoms with van der Waals surface area (Å²) in [5, 5.41) is 9.77. The highest BCUT2D eigenvalue weighted by Gasteiger charge is 2.28. The first-order chi connectivity index (χ1) is 34.2. The van der Waals surface area contributed by atoms with E-state index in [1.165, 1.54) is 0 Å². The number of carbonyl (C=O) groups excluding carboxylic acids is 3. The van der Waals surface area contributed by atoms with Gasteiger partial charge in [0.2, 0.25) is 0 Å². The Morgan fingerprint density at radius 2 is 0.786 bits per heavy atom. The lowest BCUT2D eigenvalue weighted by Crippen LogP contribution is -2.30. The van der Waals surface area contributed by atoms with Gasteiger partial charge in [0.15, 0.2) is 6.10 Å². The van der Waals surface area contributed by atoms with Gasteiger partial charge in [-0.25, -0.2) is 4.57 Å². The molecular formula is C58H91O11P. The number of aliphatic hydroxyl groups is 1. The van der Waals surface area contributed by atoms with Crippen LogP contribution in [-0.2, 0) is 42.2 Å². The van der Waals surface area contributed by atoms with Gasteiger partial charge < -0.3 is 24.2 Å².